The number of anilines is 1. The van der Waals surface area contributed by atoms with Gasteiger partial charge in [-0.2, -0.15) is 14.6 Å². The first-order chi connectivity index (χ1) is 13.5. The number of nitrogens with one attached hydrogen (secondary N) is 1. The number of rotatable bonds is 4. The molecule has 0 fully saturated rings. The minimum Gasteiger partial charge on any atom is -0.321 e. The molecule has 0 bridgehead atoms. The van der Waals surface area contributed by atoms with Crippen molar-refractivity contribution in [3.05, 3.63) is 76.2 Å². The van der Waals surface area contributed by atoms with Crippen LogP contribution in [0, 0.1) is 13.8 Å². The summed E-state index contributed by atoms with van der Waals surface area (Å²) < 4.78 is 2.65. The molecule has 2 heterocycles. The van der Waals surface area contributed by atoms with Crippen LogP contribution in [0.2, 0.25) is 0 Å². The van der Waals surface area contributed by atoms with E-state index in [4.69, 9.17) is 0 Å². The lowest BCUT2D eigenvalue weighted by atomic mass is 10.2. The minimum absolute atomic E-state index is 0.158. The number of fused-ring (bicyclic) bond motifs is 1. The van der Waals surface area contributed by atoms with E-state index in [9.17, 15) is 4.79 Å². The van der Waals surface area contributed by atoms with Gasteiger partial charge in [0.05, 0.1) is 5.69 Å². The summed E-state index contributed by atoms with van der Waals surface area (Å²) >= 11 is 4.91. The van der Waals surface area contributed by atoms with Crippen molar-refractivity contribution < 1.29 is 4.79 Å². The number of halogens is 1. The third-order valence-electron chi connectivity index (χ3n) is 4.30. The van der Waals surface area contributed by atoms with E-state index in [-0.39, 0.29) is 5.91 Å². The Bertz CT molecular complexity index is 1170. The monoisotopic (exact) mass is 453 g/mol. The number of aromatic nitrogens is 4. The molecule has 28 heavy (non-hydrogen) atoms. The summed E-state index contributed by atoms with van der Waals surface area (Å²) in [4.78, 5) is 22.2. The average Bonchev–Trinajstić information content (AvgIpc) is 3.15. The van der Waals surface area contributed by atoms with Gasteiger partial charge in [0.25, 0.3) is 11.7 Å². The van der Waals surface area contributed by atoms with E-state index in [2.05, 4.69) is 36.3 Å². The molecule has 0 aliphatic heterocycles. The van der Waals surface area contributed by atoms with Crippen molar-refractivity contribution in [1.29, 1.82) is 0 Å². The Morgan fingerprint density at radius 1 is 1.11 bits per heavy atom. The number of nitrogens with zero attached hydrogens (tertiary/aromatic N) is 4. The highest BCUT2D eigenvalue weighted by Gasteiger charge is 2.15. The van der Waals surface area contributed by atoms with E-state index in [0.29, 0.717) is 11.3 Å². The van der Waals surface area contributed by atoms with Crippen LogP contribution in [0.15, 0.2) is 69.3 Å². The van der Waals surface area contributed by atoms with Crippen molar-refractivity contribution in [2.45, 2.75) is 23.8 Å². The van der Waals surface area contributed by atoms with Crippen LogP contribution in [0.3, 0.4) is 0 Å². The van der Waals surface area contributed by atoms with E-state index in [1.165, 1.54) is 18.1 Å². The smallest absolute Gasteiger partial charge is 0.255 e. The molecule has 1 N–H and O–H groups in total. The maximum Gasteiger partial charge on any atom is 0.255 e. The molecular formula is C20H16BrN5OS. The van der Waals surface area contributed by atoms with Gasteiger partial charge in [-0.1, -0.05) is 39.8 Å². The lowest BCUT2D eigenvalue weighted by Gasteiger charge is -2.13. The summed E-state index contributed by atoms with van der Waals surface area (Å²) in [7, 11) is 0. The molecular weight excluding hydrogens is 438 g/mol. The second kappa shape index (κ2) is 7.73. The van der Waals surface area contributed by atoms with Crippen LogP contribution in [0.5, 0.6) is 0 Å². The number of para-hydroxylation sites is 1. The van der Waals surface area contributed by atoms with Gasteiger partial charge in [-0.3, -0.25) is 4.79 Å². The number of carbonyl (C=O) groups is 1. The molecule has 0 atom stereocenters. The summed E-state index contributed by atoms with van der Waals surface area (Å²) in [5, 5.41) is 8.22. The molecule has 0 saturated carbocycles. The molecule has 0 unspecified atom stereocenters. The standard InChI is InChI=1S/C20H16BrN5OS/c1-12-13(2)24-20-22-11-23-26(20)19(12)28-17-6-4-3-5-16(17)25-18(27)14-7-9-15(21)10-8-14/h3-11H,1-2H3,(H,25,27). The summed E-state index contributed by atoms with van der Waals surface area (Å²) in [5.41, 5.74) is 3.26. The first-order valence-corrected chi connectivity index (χ1v) is 10.1. The van der Waals surface area contributed by atoms with E-state index in [1.807, 2.05) is 50.2 Å². The minimum atomic E-state index is -0.158. The highest BCUT2D eigenvalue weighted by Crippen LogP contribution is 2.35. The summed E-state index contributed by atoms with van der Waals surface area (Å²) in [5.74, 6) is 0.399. The molecule has 0 spiro atoms. The van der Waals surface area contributed by atoms with Gasteiger partial charge in [-0.15, -0.1) is 0 Å². The Morgan fingerprint density at radius 2 is 1.86 bits per heavy atom. The van der Waals surface area contributed by atoms with E-state index < -0.39 is 0 Å². The van der Waals surface area contributed by atoms with E-state index >= 15 is 0 Å². The first-order valence-electron chi connectivity index (χ1n) is 8.53. The number of carbonyl (C=O) groups excluding carboxylic acids is 1. The number of hydrogen-bond acceptors (Lipinski definition) is 5. The maximum atomic E-state index is 12.6. The molecule has 8 heteroatoms. The van der Waals surface area contributed by atoms with Crippen molar-refractivity contribution in [3.63, 3.8) is 0 Å². The topological polar surface area (TPSA) is 72.2 Å². The summed E-state index contributed by atoms with van der Waals surface area (Å²) in [6.07, 6.45) is 1.49. The Kier molecular flexibility index (Phi) is 5.15. The third kappa shape index (κ3) is 3.65. The third-order valence-corrected chi connectivity index (χ3v) is 6.08. The van der Waals surface area contributed by atoms with Crippen molar-refractivity contribution in [2.24, 2.45) is 0 Å². The highest BCUT2D eigenvalue weighted by atomic mass is 79.9. The molecule has 2 aromatic heterocycles. The van der Waals surface area contributed by atoms with Gasteiger partial charge in [0.2, 0.25) is 0 Å². The number of aryl methyl sites for hydroxylation is 1. The van der Waals surface area contributed by atoms with Crippen LogP contribution < -0.4 is 5.32 Å². The van der Waals surface area contributed by atoms with Crippen LogP contribution in [-0.4, -0.2) is 25.5 Å². The second-order valence-electron chi connectivity index (χ2n) is 6.16. The summed E-state index contributed by atoms with van der Waals surface area (Å²) in [6, 6.07) is 15.0. The van der Waals surface area contributed by atoms with Gasteiger partial charge in [-0.25, -0.2) is 4.98 Å². The zero-order valence-electron chi connectivity index (χ0n) is 15.2. The molecule has 140 valence electrons. The van der Waals surface area contributed by atoms with Crippen LogP contribution in [0.25, 0.3) is 5.78 Å². The van der Waals surface area contributed by atoms with E-state index in [1.54, 1.807) is 16.6 Å². The molecule has 2 aromatic carbocycles. The normalized spacial score (nSPS) is 11.0. The SMILES string of the molecule is Cc1nc2ncnn2c(Sc2ccccc2NC(=O)c2ccc(Br)cc2)c1C. The molecule has 0 aliphatic carbocycles. The number of hydrogen-bond donors (Lipinski definition) is 1. The second-order valence-corrected chi connectivity index (χ2v) is 8.10. The van der Waals surface area contributed by atoms with Gasteiger partial charge >= 0.3 is 0 Å². The van der Waals surface area contributed by atoms with Crippen molar-refractivity contribution in [1.82, 2.24) is 19.6 Å². The van der Waals surface area contributed by atoms with Gasteiger partial charge in [0.1, 0.15) is 11.4 Å². The maximum absolute atomic E-state index is 12.6. The Balaban J connectivity index is 1.68. The Labute approximate surface area is 174 Å². The zero-order chi connectivity index (χ0) is 19.7. The lowest BCUT2D eigenvalue weighted by molar-refractivity contribution is 0.102. The number of amides is 1. The van der Waals surface area contributed by atoms with Gasteiger partial charge in [0.15, 0.2) is 0 Å². The Hall–Kier alpha value is -2.71. The largest absolute Gasteiger partial charge is 0.321 e. The Morgan fingerprint density at radius 3 is 2.64 bits per heavy atom. The predicted octanol–water partition coefficient (Wildman–Crippen LogP) is 4.91. The van der Waals surface area contributed by atoms with Gasteiger partial charge < -0.3 is 5.32 Å². The molecule has 4 rings (SSSR count). The quantitative estimate of drug-likeness (QED) is 0.444. The molecule has 0 radical (unpaired) electrons. The fraction of sp³-hybridized carbons (Fsp3) is 0.100. The highest BCUT2D eigenvalue weighted by molar-refractivity contribution is 9.10. The van der Waals surface area contributed by atoms with Crippen molar-refractivity contribution in [3.8, 4) is 0 Å². The van der Waals surface area contributed by atoms with Gasteiger partial charge in [-0.05, 0) is 50.2 Å². The van der Waals surface area contributed by atoms with Crippen LogP contribution in [0.4, 0.5) is 5.69 Å². The van der Waals surface area contributed by atoms with Crippen LogP contribution >= 0.6 is 27.7 Å². The predicted molar refractivity (Wildman–Crippen MR) is 113 cm³/mol. The fourth-order valence-corrected chi connectivity index (χ4v) is 4.05. The molecule has 4 aromatic rings. The first kappa shape index (κ1) is 18.6. The fourth-order valence-electron chi connectivity index (χ4n) is 2.68. The lowest BCUT2D eigenvalue weighted by Crippen LogP contribution is -2.12. The average molecular weight is 454 g/mol. The zero-order valence-corrected chi connectivity index (χ0v) is 17.6. The molecule has 1 amide bonds. The van der Waals surface area contributed by atoms with Crippen LogP contribution in [-0.2, 0) is 0 Å². The number of benzene rings is 2. The van der Waals surface area contributed by atoms with Gasteiger partial charge in [0, 0.05) is 26.2 Å². The molecule has 0 aliphatic rings. The molecule has 6 nitrogen and oxygen atoms in total. The van der Waals surface area contributed by atoms with Crippen molar-refractivity contribution in [2.75, 3.05) is 5.32 Å². The van der Waals surface area contributed by atoms with E-state index in [0.717, 1.165) is 31.3 Å². The molecule has 0 saturated heterocycles. The van der Waals surface area contributed by atoms with Crippen molar-refractivity contribution >= 4 is 45.1 Å². The van der Waals surface area contributed by atoms with Crippen LogP contribution in [0.1, 0.15) is 21.6 Å². The summed E-state index contributed by atoms with van der Waals surface area (Å²) in [6.45, 7) is 3.96.